The molecule has 1 amide bonds. The Morgan fingerprint density at radius 3 is 2.36 bits per heavy atom. The monoisotopic (exact) mass is 490 g/mol. The van der Waals surface area contributed by atoms with Gasteiger partial charge in [0, 0.05) is 10.7 Å². The van der Waals surface area contributed by atoms with Gasteiger partial charge in [0.2, 0.25) is 0 Å². The summed E-state index contributed by atoms with van der Waals surface area (Å²) in [5, 5.41) is 21.2. The number of phenolic OH excluding ortho intramolecular Hbond substituents is 1. The molecule has 0 atom stereocenters. The number of carbonyl (C=O) groups excluding carboxylic acids is 1. The molecular weight excluding hydrogens is 472 g/mol. The predicted molar refractivity (Wildman–Crippen MR) is 123 cm³/mol. The Bertz CT molecular complexity index is 1310. The fraction of sp³-hybridized carbons (Fsp3) is 0.0909. The molecule has 0 saturated heterocycles. The molecule has 0 radical (unpaired) electrons. The standard InChI is InChI=1S/C22H19ClN2O7S/c1-32-19-9-2-13(11-21(27)28)10-20(19)33(30,31)25-18-8-3-14(23)12-17(18)22(29)24-15-4-6-16(26)7-5-15/h2-10,12,25-26H,11H2,1H3,(H,24,29)(H,27,28). The van der Waals surface area contributed by atoms with Crippen molar-refractivity contribution in [2.24, 2.45) is 0 Å². The second-order valence-corrected chi connectivity index (χ2v) is 8.94. The Kier molecular flexibility index (Phi) is 7.10. The van der Waals surface area contributed by atoms with Gasteiger partial charge in [-0.2, -0.15) is 0 Å². The first-order valence-corrected chi connectivity index (χ1v) is 11.3. The summed E-state index contributed by atoms with van der Waals surface area (Å²) in [7, 11) is -3.00. The van der Waals surface area contributed by atoms with Crippen molar-refractivity contribution in [3.8, 4) is 11.5 Å². The number of benzene rings is 3. The van der Waals surface area contributed by atoms with E-state index in [1.54, 1.807) is 0 Å². The van der Waals surface area contributed by atoms with Crippen molar-refractivity contribution in [2.75, 3.05) is 17.1 Å². The van der Waals surface area contributed by atoms with E-state index >= 15 is 0 Å². The van der Waals surface area contributed by atoms with Gasteiger partial charge in [-0.3, -0.25) is 14.3 Å². The largest absolute Gasteiger partial charge is 0.508 e. The van der Waals surface area contributed by atoms with Crippen LogP contribution >= 0.6 is 11.6 Å². The van der Waals surface area contributed by atoms with Crippen LogP contribution < -0.4 is 14.8 Å². The summed E-state index contributed by atoms with van der Waals surface area (Å²) in [6, 6.07) is 13.8. The normalized spacial score (nSPS) is 11.0. The minimum absolute atomic E-state index is 0.000645. The topological polar surface area (TPSA) is 142 Å². The van der Waals surface area contributed by atoms with E-state index in [1.165, 1.54) is 67.8 Å². The number of hydrogen-bond donors (Lipinski definition) is 4. The highest BCUT2D eigenvalue weighted by Crippen LogP contribution is 2.30. The Morgan fingerprint density at radius 1 is 1.03 bits per heavy atom. The van der Waals surface area contributed by atoms with Crippen molar-refractivity contribution < 1.29 is 33.0 Å². The number of aliphatic carboxylic acids is 1. The third-order valence-corrected chi connectivity index (χ3v) is 6.09. The number of methoxy groups -OCH3 is 1. The van der Waals surface area contributed by atoms with Gasteiger partial charge >= 0.3 is 5.97 Å². The Morgan fingerprint density at radius 2 is 1.73 bits per heavy atom. The number of rotatable bonds is 8. The summed E-state index contributed by atoms with van der Waals surface area (Å²) in [4.78, 5) is 23.6. The molecule has 0 aliphatic carbocycles. The van der Waals surface area contributed by atoms with E-state index in [-0.39, 0.29) is 44.7 Å². The Hall–Kier alpha value is -3.76. The van der Waals surface area contributed by atoms with Gasteiger partial charge in [0.15, 0.2) is 0 Å². The number of sulfonamides is 1. The molecule has 0 bridgehead atoms. The summed E-state index contributed by atoms with van der Waals surface area (Å²) in [6.07, 6.45) is -0.381. The highest BCUT2D eigenvalue weighted by molar-refractivity contribution is 7.92. The number of anilines is 2. The molecule has 3 aromatic carbocycles. The maximum atomic E-state index is 13.1. The molecule has 33 heavy (non-hydrogen) atoms. The number of carbonyl (C=O) groups is 2. The van der Waals surface area contributed by atoms with E-state index in [1.807, 2.05) is 0 Å². The molecular formula is C22H19ClN2O7S. The third kappa shape index (κ3) is 5.93. The fourth-order valence-electron chi connectivity index (χ4n) is 2.95. The summed E-state index contributed by atoms with van der Waals surface area (Å²) >= 11 is 6.02. The smallest absolute Gasteiger partial charge is 0.307 e. The summed E-state index contributed by atoms with van der Waals surface area (Å²) in [6.45, 7) is 0. The van der Waals surface area contributed by atoms with Crippen molar-refractivity contribution in [3.63, 3.8) is 0 Å². The minimum atomic E-state index is -4.29. The lowest BCUT2D eigenvalue weighted by atomic mass is 10.1. The van der Waals surface area contributed by atoms with Gasteiger partial charge in [-0.05, 0) is 60.2 Å². The van der Waals surface area contributed by atoms with Crippen LogP contribution in [0.3, 0.4) is 0 Å². The third-order valence-electron chi connectivity index (χ3n) is 4.47. The zero-order chi connectivity index (χ0) is 24.2. The number of carboxylic acid groups (broad SMARTS) is 1. The molecule has 0 aliphatic rings. The van der Waals surface area contributed by atoms with Gasteiger partial charge < -0.3 is 20.3 Å². The molecule has 11 heteroatoms. The molecule has 3 rings (SSSR count). The van der Waals surface area contributed by atoms with E-state index in [9.17, 15) is 23.1 Å². The van der Waals surface area contributed by atoms with Crippen molar-refractivity contribution in [3.05, 3.63) is 76.8 Å². The SMILES string of the molecule is COc1ccc(CC(=O)O)cc1S(=O)(=O)Nc1ccc(Cl)cc1C(=O)Nc1ccc(O)cc1. The van der Waals surface area contributed by atoms with Crippen molar-refractivity contribution in [1.29, 1.82) is 0 Å². The number of amides is 1. The number of nitrogens with one attached hydrogen (secondary N) is 2. The van der Waals surface area contributed by atoms with Crippen LogP contribution in [0.15, 0.2) is 65.6 Å². The number of halogens is 1. The van der Waals surface area contributed by atoms with Crippen LogP contribution in [0, 0.1) is 0 Å². The van der Waals surface area contributed by atoms with Crippen molar-refractivity contribution in [1.82, 2.24) is 0 Å². The minimum Gasteiger partial charge on any atom is -0.508 e. The molecule has 0 unspecified atom stereocenters. The lowest BCUT2D eigenvalue weighted by molar-refractivity contribution is -0.136. The second kappa shape index (κ2) is 9.80. The summed E-state index contributed by atoms with van der Waals surface area (Å²) < 4.78 is 33.8. The van der Waals surface area contributed by atoms with Crippen LogP contribution in [-0.4, -0.2) is 37.6 Å². The van der Waals surface area contributed by atoms with E-state index in [0.717, 1.165) is 0 Å². The van der Waals surface area contributed by atoms with Crippen molar-refractivity contribution >= 4 is 44.9 Å². The van der Waals surface area contributed by atoms with Crippen LogP contribution in [-0.2, 0) is 21.2 Å². The molecule has 9 nitrogen and oxygen atoms in total. The van der Waals surface area contributed by atoms with Gasteiger partial charge in [-0.25, -0.2) is 8.42 Å². The number of hydrogen-bond acceptors (Lipinski definition) is 6. The van der Waals surface area contributed by atoms with Crippen LogP contribution in [0.1, 0.15) is 15.9 Å². The van der Waals surface area contributed by atoms with E-state index in [4.69, 9.17) is 21.4 Å². The van der Waals surface area contributed by atoms with Crippen LogP contribution in [0.5, 0.6) is 11.5 Å². The van der Waals surface area contributed by atoms with Gasteiger partial charge in [-0.15, -0.1) is 0 Å². The fourth-order valence-corrected chi connectivity index (χ4v) is 4.42. The molecule has 0 fully saturated rings. The lowest BCUT2D eigenvalue weighted by Gasteiger charge is -2.15. The molecule has 172 valence electrons. The van der Waals surface area contributed by atoms with Gasteiger partial charge in [-0.1, -0.05) is 17.7 Å². The molecule has 0 aromatic heterocycles. The van der Waals surface area contributed by atoms with E-state index < -0.39 is 21.9 Å². The van der Waals surface area contributed by atoms with E-state index in [0.29, 0.717) is 5.69 Å². The Labute approximate surface area is 194 Å². The second-order valence-electron chi connectivity index (χ2n) is 6.85. The molecule has 3 aromatic rings. The first kappa shape index (κ1) is 23.9. The first-order chi connectivity index (χ1) is 15.6. The first-order valence-electron chi connectivity index (χ1n) is 9.40. The molecule has 0 saturated carbocycles. The number of aromatic hydroxyl groups is 1. The van der Waals surface area contributed by atoms with Gasteiger partial charge in [0.25, 0.3) is 15.9 Å². The lowest BCUT2D eigenvalue weighted by Crippen LogP contribution is -2.19. The van der Waals surface area contributed by atoms with E-state index in [2.05, 4.69) is 10.0 Å². The van der Waals surface area contributed by atoms with Crippen molar-refractivity contribution in [2.45, 2.75) is 11.3 Å². The summed E-state index contributed by atoms with van der Waals surface area (Å²) in [5.74, 6) is -1.75. The molecule has 0 heterocycles. The average Bonchev–Trinajstić information content (AvgIpc) is 2.76. The number of phenols is 1. The van der Waals surface area contributed by atoms with Crippen LogP contribution in [0.2, 0.25) is 5.02 Å². The maximum Gasteiger partial charge on any atom is 0.307 e. The van der Waals surface area contributed by atoms with Gasteiger partial charge in [0.1, 0.15) is 16.4 Å². The molecule has 0 aliphatic heterocycles. The number of ether oxygens (including phenoxy) is 1. The zero-order valence-corrected chi connectivity index (χ0v) is 18.8. The average molecular weight is 491 g/mol. The van der Waals surface area contributed by atoms with Crippen LogP contribution in [0.4, 0.5) is 11.4 Å². The summed E-state index contributed by atoms with van der Waals surface area (Å²) in [5.41, 5.74) is 0.515. The quantitative estimate of drug-likeness (QED) is 0.352. The molecule has 4 N–H and O–H groups in total. The van der Waals surface area contributed by atoms with Gasteiger partial charge in [0.05, 0.1) is 24.8 Å². The van der Waals surface area contributed by atoms with Crippen LogP contribution in [0.25, 0.3) is 0 Å². The Balaban J connectivity index is 1.97. The predicted octanol–water partition coefficient (Wildman–Crippen LogP) is 3.73. The molecule has 0 spiro atoms. The highest BCUT2D eigenvalue weighted by atomic mass is 35.5. The number of carboxylic acids is 1. The maximum absolute atomic E-state index is 13.1. The zero-order valence-electron chi connectivity index (χ0n) is 17.2. The highest BCUT2D eigenvalue weighted by Gasteiger charge is 2.24.